The Bertz CT molecular complexity index is 411. The van der Waals surface area contributed by atoms with E-state index in [2.05, 4.69) is 27.7 Å². The topological polar surface area (TPSA) is 9.23 Å². The third-order valence-electron chi connectivity index (χ3n) is 4.23. The summed E-state index contributed by atoms with van der Waals surface area (Å²) >= 11 is 6.61. The number of hydrogen-bond acceptors (Lipinski definition) is 1. The predicted octanol–water partition coefficient (Wildman–Crippen LogP) is 2.01. The van der Waals surface area contributed by atoms with Crippen molar-refractivity contribution in [1.29, 1.82) is 0 Å². The normalized spacial score (nSPS) is 22.1. The molecule has 1 saturated heterocycles. The molecule has 0 saturated carbocycles. The van der Waals surface area contributed by atoms with Crippen molar-refractivity contribution in [1.82, 2.24) is 0 Å². The van der Waals surface area contributed by atoms with Gasteiger partial charge in [-0.25, -0.2) is 0 Å². The lowest BCUT2D eigenvalue weighted by Gasteiger charge is -2.26. The minimum Gasteiger partial charge on any atom is -0.427 e. The zero-order valence-corrected chi connectivity index (χ0v) is 14.5. The third-order valence-corrected chi connectivity index (χ3v) is 12.8. The molecule has 0 N–H and O–H groups in total. The van der Waals surface area contributed by atoms with E-state index in [1.165, 1.54) is 39.9 Å². The van der Waals surface area contributed by atoms with Gasteiger partial charge < -0.3 is 4.43 Å². The first-order valence-electron chi connectivity index (χ1n) is 6.37. The van der Waals surface area contributed by atoms with Gasteiger partial charge in [-0.15, -0.1) is 0 Å². The molecule has 4 heteroatoms. The number of hydrogen-bond donors (Lipinski definition) is 0. The number of halogens is 1. The first-order chi connectivity index (χ1) is 8.04. The van der Waals surface area contributed by atoms with Gasteiger partial charge in [-0.2, -0.15) is 0 Å². The highest BCUT2D eigenvalue weighted by Crippen LogP contribution is 2.25. The van der Waals surface area contributed by atoms with Gasteiger partial charge in [0.15, 0.2) is 9.28 Å². The zero-order valence-electron chi connectivity index (χ0n) is 11.2. The summed E-state index contributed by atoms with van der Waals surface area (Å²) in [6, 6.07) is 1.40. The molecule has 0 bridgehead atoms. The van der Waals surface area contributed by atoms with E-state index in [-0.39, 0.29) is 9.28 Å². The first-order valence-corrected chi connectivity index (χ1v) is 12.0. The minimum atomic E-state index is -0.855. The Morgan fingerprint density at radius 1 is 1.06 bits per heavy atom. The van der Waals surface area contributed by atoms with Crippen molar-refractivity contribution >= 4 is 34.4 Å². The van der Waals surface area contributed by atoms with E-state index in [0.29, 0.717) is 0 Å². The van der Waals surface area contributed by atoms with E-state index < -0.39 is 8.31 Å². The maximum Gasteiger partial charge on any atom is 0.152 e. The summed E-state index contributed by atoms with van der Waals surface area (Å²) in [7, 11) is -1.16. The molecule has 1 aliphatic rings. The van der Waals surface area contributed by atoms with Crippen molar-refractivity contribution in [2.24, 2.45) is 0 Å². The molecule has 0 aliphatic carbocycles. The van der Waals surface area contributed by atoms with E-state index in [1.54, 1.807) is 0 Å². The van der Waals surface area contributed by atoms with Crippen molar-refractivity contribution < 1.29 is 4.43 Å². The SMILES string of the molecule is Cc1c(C)c(C)c([SiH]2CCCO[SiH2]2)c(Cl)c1C. The van der Waals surface area contributed by atoms with Crippen LogP contribution in [0.3, 0.4) is 0 Å². The van der Waals surface area contributed by atoms with Gasteiger partial charge in [0.25, 0.3) is 0 Å². The summed E-state index contributed by atoms with van der Waals surface area (Å²) in [6.07, 6.45) is 1.24. The summed E-state index contributed by atoms with van der Waals surface area (Å²) in [4.78, 5) is 0. The van der Waals surface area contributed by atoms with E-state index in [1.807, 2.05) is 0 Å². The fourth-order valence-electron chi connectivity index (χ4n) is 2.75. The quantitative estimate of drug-likeness (QED) is 0.717. The average Bonchev–Trinajstić information content (AvgIpc) is 2.36. The lowest BCUT2D eigenvalue weighted by molar-refractivity contribution is 0.336. The molecule has 1 aliphatic heterocycles. The highest BCUT2D eigenvalue weighted by Gasteiger charge is 2.25. The molecule has 0 spiro atoms. The van der Waals surface area contributed by atoms with Crippen LogP contribution in [0.15, 0.2) is 0 Å². The van der Waals surface area contributed by atoms with Crippen molar-refractivity contribution in [3.05, 3.63) is 27.3 Å². The largest absolute Gasteiger partial charge is 0.427 e. The van der Waals surface area contributed by atoms with Gasteiger partial charge in [0.1, 0.15) is 0 Å². The fraction of sp³-hybridized carbons (Fsp3) is 0.538. The molecule has 2 rings (SSSR count). The van der Waals surface area contributed by atoms with Crippen LogP contribution in [0.5, 0.6) is 0 Å². The zero-order chi connectivity index (χ0) is 12.6. The molecule has 0 amide bonds. The van der Waals surface area contributed by atoms with Crippen molar-refractivity contribution in [3.8, 4) is 0 Å². The minimum absolute atomic E-state index is 0.308. The van der Waals surface area contributed by atoms with Crippen LogP contribution in [0.25, 0.3) is 0 Å². The standard InChI is InChI=1S/C13H21ClOSi2/c1-8-9(2)11(4)13(12(14)10(8)3)17-7-5-6-15-16-17/h17H,5-7,16H2,1-4H3. The Morgan fingerprint density at radius 2 is 1.71 bits per heavy atom. The molecule has 1 fully saturated rings. The second kappa shape index (κ2) is 5.26. The van der Waals surface area contributed by atoms with Crippen LogP contribution in [0.4, 0.5) is 0 Å². The Kier molecular flexibility index (Phi) is 4.13. The maximum atomic E-state index is 6.61. The molecule has 1 aromatic carbocycles. The number of benzene rings is 1. The van der Waals surface area contributed by atoms with E-state index in [0.717, 1.165) is 11.6 Å². The maximum absolute atomic E-state index is 6.61. The van der Waals surface area contributed by atoms with Crippen LogP contribution in [0.2, 0.25) is 11.1 Å². The Morgan fingerprint density at radius 3 is 2.29 bits per heavy atom. The Hall–Kier alpha value is -0.0962. The van der Waals surface area contributed by atoms with Gasteiger partial charge in [0.2, 0.25) is 0 Å². The van der Waals surface area contributed by atoms with Crippen LogP contribution >= 0.6 is 11.6 Å². The summed E-state index contributed by atoms with van der Waals surface area (Å²) in [5, 5.41) is 2.58. The lowest BCUT2D eigenvalue weighted by Crippen LogP contribution is -2.44. The van der Waals surface area contributed by atoms with Gasteiger partial charge in [-0.1, -0.05) is 17.6 Å². The van der Waals surface area contributed by atoms with Gasteiger partial charge in [0.05, 0.1) is 8.31 Å². The number of rotatable bonds is 1. The molecule has 1 aromatic rings. The van der Waals surface area contributed by atoms with Crippen LogP contribution in [0.1, 0.15) is 28.7 Å². The summed E-state index contributed by atoms with van der Waals surface area (Å²) in [5.74, 6) is 0. The summed E-state index contributed by atoms with van der Waals surface area (Å²) < 4.78 is 5.80. The van der Waals surface area contributed by atoms with Gasteiger partial charge in [0, 0.05) is 11.6 Å². The van der Waals surface area contributed by atoms with E-state index in [4.69, 9.17) is 16.0 Å². The molecule has 1 nitrogen and oxygen atoms in total. The third kappa shape index (κ3) is 2.38. The lowest BCUT2D eigenvalue weighted by atomic mass is 9.99. The Labute approximate surface area is 113 Å². The fourth-order valence-corrected chi connectivity index (χ4v) is 12.0. The van der Waals surface area contributed by atoms with E-state index >= 15 is 0 Å². The molecule has 0 radical (unpaired) electrons. The van der Waals surface area contributed by atoms with Gasteiger partial charge in [-0.3, -0.25) is 0 Å². The molecule has 17 heavy (non-hydrogen) atoms. The Balaban J connectivity index is 2.52. The molecule has 1 atom stereocenters. The van der Waals surface area contributed by atoms with Crippen LogP contribution in [-0.2, 0) is 4.43 Å². The highest BCUT2D eigenvalue weighted by atomic mass is 35.5. The van der Waals surface area contributed by atoms with Crippen molar-refractivity contribution in [2.45, 2.75) is 40.2 Å². The van der Waals surface area contributed by atoms with Gasteiger partial charge >= 0.3 is 0 Å². The molecular formula is C13H21ClOSi2. The summed E-state index contributed by atoms with van der Waals surface area (Å²) in [6.45, 7) is 9.82. The van der Waals surface area contributed by atoms with Crippen molar-refractivity contribution in [2.75, 3.05) is 6.61 Å². The molecule has 94 valence electrons. The van der Waals surface area contributed by atoms with Crippen LogP contribution < -0.4 is 5.19 Å². The van der Waals surface area contributed by atoms with Crippen molar-refractivity contribution in [3.63, 3.8) is 0 Å². The molecule has 1 unspecified atom stereocenters. The molecular weight excluding hydrogens is 264 g/mol. The average molecular weight is 285 g/mol. The second-order valence-corrected chi connectivity index (χ2v) is 12.8. The first kappa shape index (κ1) is 13.3. The van der Waals surface area contributed by atoms with Crippen LogP contribution in [0, 0.1) is 27.7 Å². The van der Waals surface area contributed by atoms with Gasteiger partial charge in [-0.05, 0) is 61.6 Å². The molecule has 1 heterocycles. The monoisotopic (exact) mass is 284 g/mol. The molecule has 0 aromatic heterocycles. The summed E-state index contributed by atoms with van der Waals surface area (Å²) in [5.41, 5.74) is 5.54. The van der Waals surface area contributed by atoms with E-state index in [9.17, 15) is 0 Å². The smallest absolute Gasteiger partial charge is 0.152 e. The second-order valence-electron chi connectivity index (χ2n) is 5.14. The van der Waals surface area contributed by atoms with Crippen LogP contribution in [-0.4, -0.2) is 24.2 Å². The predicted molar refractivity (Wildman–Crippen MR) is 81.1 cm³/mol. The highest BCUT2D eigenvalue weighted by molar-refractivity contribution is 7.17.